The Morgan fingerprint density at radius 1 is 1.00 bits per heavy atom. The van der Waals surface area contributed by atoms with E-state index in [0.29, 0.717) is 17.7 Å². The van der Waals surface area contributed by atoms with Crippen LogP contribution in [0.15, 0.2) is 36.1 Å². The predicted molar refractivity (Wildman–Crippen MR) is 169 cm³/mol. The normalized spacial score (nSPS) is 21.5. The molecule has 0 spiro atoms. The number of ether oxygens (including phenoxy) is 2. The Morgan fingerprint density at radius 2 is 1.61 bits per heavy atom. The van der Waals surface area contributed by atoms with Crippen molar-refractivity contribution in [2.75, 3.05) is 11.0 Å². The fourth-order valence-corrected chi connectivity index (χ4v) is 10.0. The Labute approximate surface area is 239 Å². The van der Waals surface area contributed by atoms with Crippen LogP contribution in [0.25, 0.3) is 0 Å². The highest BCUT2D eigenvalue weighted by Gasteiger charge is 2.43. The van der Waals surface area contributed by atoms with E-state index in [2.05, 4.69) is 127 Å². The number of hydrogen-bond donors (Lipinski definition) is 0. The first kappa shape index (κ1) is 34.3. The molecule has 0 aromatic rings. The first-order valence-corrected chi connectivity index (χ1v) is 20.5. The van der Waals surface area contributed by atoms with E-state index in [1.54, 1.807) is 0 Å². The van der Waals surface area contributed by atoms with Crippen LogP contribution in [0.2, 0.25) is 29.2 Å². The van der Waals surface area contributed by atoms with Gasteiger partial charge in [0.2, 0.25) is 8.32 Å². The van der Waals surface area contributed by atoms with Crippen molar-refractivity contribution in [1.29, 1.82) is 0 Å². The van der Waals surface area contributed by atoms with E-state index in [0.717, 1.165) is 23.7 Å². The second-order valence-corrected chi connectivity index (χ2v) is 22.3. The maximum Gasteiger partial charge on any atom is 0.222 e. The summed E-state index contributed by atoms with van der Waals surface area (Å²) in [7, 11) is -4.15. The predicted octanol–water partition coefficient (Wildman–Crippen LogP) is 9.12. The van der Waals surface area contributed by atoms with E-state index >= 15 is 0 Å². The summed E-state index contributed by atoms with van der Waals surface area (Å²) in [6.07, 6.45) is 14.1. The van der Waals surface area contributed by atoms with Gasteiger partial charge in [0.25, 0.3) is 0 Å². The third-order valence-corrected chi connectivity index (χ3v) is 17.8. The van der Waals surface area contributed by atoms with Gasteiger partial charge in [-0.1, -0.05) is 114 Å². The lowest BCUT2D eigenvalue weighted by atomic mass is 10.2. The van der Waals surface area contributed by atoms with Gasteiger partial charge in [0, 0.05) is 13.0 Å². The second-order valence-electron chi connectivity index (χ2n) is 12.0. The third-order valence-electron chi connectivity index (χ3n) is 7.56. The first-order valence-electron chi connectivity index (χ1n) is 13.9. The van der Waals surface area contributed by atoms with Gasteiger partial charge in [0.15, 0.2) is 14.6 Å². The molecule has 0 bridgehead atoms. The molecule has 0 aromatic carbocycles. The van der Waals surface area contributed by atoms with Gasteiger partial charge in [-0.15, -0.1) is 0 Å². The van der Waals surface area contributed by atoms with Crippen LogP contribution in [0.3, 0.4) is 0 Å². The molecule has 1 aliphatic carbocycles. The van der Waals surface area contributed by atoms with Crippen LogP contribution in [0.1, 0.15) is 81.6 Å². The van der Waals surface area contributed by atoms with E-state index < -0.39 is 16.6 Å². The van der Waals surface area contributed by atoms with Gasteiger partial charge in [-0.3, -0.25) is 0 Å². The van der Waals surface area contributed by atoms with Crippen LogP contribution < -0.4 is 0 Å². The summed E-state index contributed by atoms with van der Waals surface area (Å²) in [4.78, 5) is 0. The van der Waals surface area contributed by atoms with E-state index in [9.17, 15) is 0 Å². The summed E-state index contributed by atoms with van der Waals surface area (Å²) in [6, 6.07) is 0. The highest BCUT2D eigenvalue weighted by Crippen LogP contribution is 2.40. The van der Waals surface area contributed by atoms with Crippen molar-refractivity contribution < 1.29 is 18.3 Å². The SMILES string of the molecule is CC/C=C\C[C@@H](/C=C/[Si](O[C@H]1C=C[C@@H](OC(CI)OCC)C1)(C(C)C)C(C)C)O[Si](C)(C)C(C)(C)C. The molecular formula is C29H55IO4Si2. The Balaban J connectivity index is 3.13. The molecule has 210 valence electrons. The van der Waals surface area contributed by atoms with Gasteiger partial charge < -0.3 is 18.3 Å². The molecule has 0 radical (unpaired) electrons. The molecular weight excluding hydrogens is 595 g/mol. The minimum atomic E-state index is -2.25. The standard InChI is InChI=1S/C29H55IO4Si2/c1-12-14-15-16-25(33-35(10,11)29(7,8)9)19-20-36(23(3)4,24(5)6)34-27-18-17-26(21-27)32-28(22-30)31-13-2/h14-15,17-20,23-28H,12-13,16,21-22H2,1-11H3/b15-14-,20-19+/t25-,26+,27-,28?/m0/s1. The summed E-state index contributed by atoms with van der Waals surface area (Å²) < 4.78 is 26.7. The number of allylic oxidation sites excluding steroid dienone is 1. The Kier molecular flexibility index (Phi) is 15.0. The zero-order valence-corrected chi connectivity index (χ0v) is 29.1. The molecule has 7 heteroatoms. The maximum absolute atomic E-state index is 7.08. The molecule has 0 fully saturated rings. The molecule has 1 unspecified atom stereocenters. The van der Waals surface area contributed by atoms with E-state index in [1.165, 1.54) is 0 Å². The summed E-state index contributed by atoms with van der Waals surface area (Å²) in [5.41, 5.74) is 3.36. The van der Waals surface area contributed by atoms with Gasteiger partial charge in [0.1, 0.15) is 0 Å². The van der Waals surface area contributed by atoms with E-state index in [-0.39, 0.29) is 29.6 Å². The number of alkyl halides is 1. The molecule has 0 amide bonds. The fourth-order valence-electron chi connectivity index (χ4n) is 4.32. The summed E-state index contributed by atoms with van der Waals surface area (Å²) in [5.74, 6) is 0. The number of rotatable bonds is 16. The Morgan fingerprint density at radius 3 is 2.11 bits per heavy atom. The Hall–Kier alpha value is 0.224. The highest BCUT2D eigenvalue weighted by atomic mass is 127. The minimum absolute atomic E-state index is 0.0465. The van der Waals surface area contributed by atoms with Crippen LogP contribution in [0.4, 0.5) is 0 Å². The van der Waals surface area contributed by atoms with Gasteiger partial charge in [-0.05, 0) is 49.0 Å². The van der Waals surface area contributed by atoms with Crippen LogP contribution in [0.5, 0.6) is 0 Å². The topological polar surface area (TPSA) is 36.9 Å². The summed E-state index contributed by atoms with van der Waals surface area (Å²) in [6.45, 7) is 25.8. The number of hydrogen-bond acceptors (Lipinski definition) is 4. The lowest BCUT2D eigenvalue weighted by molar-refractivity contribution is -0.142. The first-order chi connectivity index (χ1) is 16.7. The molecule has 0 saturated heterocycles. The zero-order valence-electron chi connectivity index (χ0n) is 25.0. The molecule has 1 rings (SSSR count). The fraction of sp³-hybridized carbons (Fsp3) is 0.793. The van der Waals surface area contributed by atoms with E-state index in [4.69, 9.17) is 18.3 Å². The van der Waals surface area contributed by atoms with Crippen molar-refractivity contribution in [2.45, 2.75) is 135 Å². The average molecular weight is 651 g/mol. The second kappa shape index (κ2) is 15.7. The van der Waals surface area contributed by atoms with Gasteiger partial charge in [-0.25, -0.2) is 0 Å². The molecule has 36 heavy (non-hydrogen) atoms. The molecule has 0 saturated carbocycles. The monoisotopic (exact) mass is 650 g/mol. The van der Waals surface area contributed by atoms with Gasteiger partial charge in [-0.2, -0.15) is 0 Å². The van der Waals surface area contributed by atoms with Crippen molar-refractivity contribution in [3.63, 3.8) is 0 Å². The largest absolute Gasteiger partial charge is 0.410 e. The van der Waals surface area contributed by atoms with Crippen molar-refractivity contribution in [1.82, 2.24) is 0 Å². The molecule has 1 aliphatic rings. The third kappa shape index (κ3) is 10.4. The van der Waals surface area contributed by atoms with Crippen molar-refractivity contribution in [3.05, 3.63) is 36.1 Å². The average Bonchev–Trinajstić information content (AvgIpc) is 3.21. The van der Waals surface area contributed by atoms with Crippen LogP contribution in [-0.2, 0) is 18.3 Å². The summed E-state index contributed by atoms with van der Waals surface area (Å²) >= 11 is 2.33. The zero-order chi connectivity index (χ0) is 27.6. The Bertz CT molecular complexity index is 705. The van der Waals surface area contributed by atoms with Crippen LogP contribution >= 0.6 is 22.6 Å². The molecule has 0 aromatic heterocycles. The molecule has 0 aliphatic heterocycles. The van der Waals surface area contributed by atoms with Crippen molar-refractivity contribution in [3.8, 4) is 0 Å². The maximum atomic E-state index is 7.08. The quantitative estimate of drug-likeness (QED) is 0.0549. The van der Waals surface area contributed by atoms with Crippen molar-refractivity contribution >= 4 is 39.2 Å². The number of halogens is 1. The van der Waals surface area contributed by atoms with Gasteiger partial charge >= 0.3 is 0 Å². The highest BCUT2D eigenvalue weighted by molar-refractivity contribution is 14.1. The molecule has 0 N–H and O–H groups in total. The van der Waals surface area contributed by atoms with E-state index in [1.807, 2.05) is 6.92 Å². The minimum Gasteiger partial charge on any atom is -0.410 e. The molecule has 4 nitrogen and oxygen atoms in total. The lowest BCUT2D eigenvalue weighted by Gasteiger charge is -2.40. The van der Waals surface area contributed by atoms with Crippen LogP contribution in [0, 0.1) is 0 Å². The molecule has 0 heterocycles. The lowest BCUT2D eigenvalue weighted by Crippen LogP contribution is -2.47. The van der Waals surface area contributed by atoms with Crippen LogP contribution in [-0.4, -0.2) is 52.3 Å². The summed E-state index contributed by atoms with van der Waals surface area (Å²) in [5, 5.41) is 0.176. The molecule has 4 atom stereocenters. The van der Waals surface area contributed by atoms with Crippen molar-refractivity contribution in [2.24, 2.45) is 0 Å². The smallest absolute Gasteiger partial charge is 0.222 e. The van der Waals surface area contributed by atoms with Gasteiger partial charge in [0.05, 0.1) is 22.7 Å².